The Bertz CT molecular complexity index is 1180. The van der Waals surface area contributed by atoms with Gasteiger partial charge in [0.15, 0.2) is 5.78 Å². The molecule has 1 N–H and O–H groups in total. The summed E-state index contributed by atoms with van der Waals surface area (Å²) in [4.78, 5) is 34.0. The number of anilines is 1. The number of hydrogen-bond donors (Lipinski definition) is 1. The molecule has 2 aromatic carbocycles. The van der Waals surface area contributed by atoms with E-state index in [-0.39, 0.29) is 23.6 Å². The second-order valence-corrected chi connectivity index (χ2v) is 7.38. The normalized spacial score (nSPS) is 15.0. The number of carbonyl (C=O) groups is 2. The van der Waals surface area contributed by atoms with Crippen LogP contribution in [0.4, 0.5) is 5.95 Å². The third-order valence-corrected chi connectivity index (χ3v) is 5.48. The molecule has 1 atom stereocenters. The molecule has 1 amide bonds. The van der Waals surface area contributed by atoms with Gasteiger partial charge in [0.1, 0.15) is 17.2 Å². The Morgan fingerprint density at radius 2 is 1.78 bits per heavy atom. The summed E-state index contributed by atoms with van der Waals surface area (Å²) in [6.45, 7) is 0. The Labute approximate surface area is 185 Å². The number of ether oxygens (including phenoxy) is 3. The van der Waals surface area contributed by atoms with Crippen LogP contribution in [0.15, 0.2) is 48.7 Å². The van der Waals surface area contributed by atoms with Crippen LogP contribution in [0, 0.1) is 0 Å². The maximum absolute atomic E-state index is 12.8. The van der Waals surface area contributed by atoms with E-state index in [1.54, 1.807) is 44.6 Å². The molecule has 0 aliphatic heterocycles. The third-order valence-electron chi connectivity index (χ3n) is 5.48. The second-order valence-electron chi connectivity index (χ2n) is 7.38. The van der Waals surface area contributed by atoms with Crippen LogP contribution in [0.5, 0.6) is 17.2 Å². The predicted molar refractivity (Wildman–Crippen MR) is 118 cm³/mol. The van der Waals surface area contributed by atoms with Gasteiger partial charge in [-0.2, -0.15) is 0 Å². The SMILES string of the molecule is COc1cccc(C(=O)Nc2ncc3c(n2)C[C@@H](c2ccc(OC)cc2OC)CC3=O)c1. The number of nitrogens with zero attached hydrogens (tertiary/aromatic N) is 2. The molecule has 1 aliphatic rings. The van der Waals surface area contributed by atoms with Crippen molar-refractivity contribution in [2.75, 3.05) is 26.6 Å². The fourth-order valence-electron chi connectivity index (χ4n) is 3.82. The Morgan fingerprint density at radius 3 is 2.53 bits per heavy atom. The number of aromatic nitrogens is 2. The first-order valence-corrected chi connectivity index (χ1v) is 10.1. The van der Waals surface area contributed by atoms with Crippen molar-refractivity contribution >= 4 is 17.6 Å². The highest BCUT2D eigenvalue weighted by Gasteiger charge is 2.30. The number of nitrogens with one attached hydrogen (secondary N) is 1. The van der Waals surface area contributed by atoms with Crippen molar-refractivity contribution in [3.8, 4) is 17.2 Å². The minimum atomic E-state index is -0.362. The highest BCUT2D eigenvalue weighted by atomic mass is 16.5. The Kier molecular flexibility index (Phi) is 6.02. The van der Waals surface area contributed by atoms with Crippen molar-refractivity contribution in [1.82, 2.24) is 9.97 Å². The molecular formula is C24H23N3O5. The van der Waals surface area contributed by atoms with Gasteiger partial charge in [0.05, 0.1) is 32.6 Å². The van der Waals surface area contributed by atoms with Crippen LogP contribution in [0.1, 0.15) is 44.3 Å². The number of fused-ring (bicyclic) bond motifs is 1. The standard InChI is InChI=1S/C24H23N3O5/c1-30-16-6-4-5-14(9-16)23(29)27-24-25-13-19-20(26-24)10-15(11-21(19)28)18-8-7-17(31-2)12-22(18)32-3/h4-9,12-13,15H,10-11H2,1-3H3,(H,25,26,27,29)/t15-/m1/s1. The number of benzene rings is 2. The van der Waals surface area contributed by atoms with E-state index in [1.165, 1.54) is 13.3 Å². The summed E-state index contributed by atoms with van der Waals surface area (Å²) in [5.74, 6) is 1.55. The molecule has 0 spiro atoms. The van der Waals surface area contributed by atoms with Crippen LogP contribution < -0.4 is 19.5 Å². The summed E-state index contributed by atoms with van der Waals surface area (Å²) in [7, 11) is 4.72. The van der Waals surface area contributed by atoms with E-state index in [4.69, 9.17) is 14.2 Å². The minimum Gasteiger partial charge on any atom is -0.497 e. The number of rotatable bonds is 6. The number of amides is 1. The van der Waals surface area contributed by atoms with Gasteiger partial charge in [0.25, 0.3) is 5.91 Å². The fourth-order valence-corrected chi connectivity index (χ4v) is 3.82. The largest absolute Gasteiger partial charge is 0.497 e. The van der Waals surface area contributed by atoms with Crippen LogP contribution in [0.2, 0.25) is 0 Å². The maximum atomic E-state index is 12.8. The molecule has 4 rings (SSSR count). The van der Waals surface area contributed by atoms with Crippen LogP contribution in [0.3, 0.4) is 0 Å². The summed E-state index contributed by atoms with van der Waals surface area (Å²) in [5.41, 5.74) is 2.41. The molecule has 0 fully saturated rings. The molecule has 1 aromatic heterocycles. The van der Waals surface area contributed by atoms with Crippen molar-refractivity contribution in [1.29, 1.82) is 0 Å². The van der Waals surface area contributed by atoms with Crippen LogP contribution in [-0.4, -0.2) is 43.0 Å². The predicted octanol–water partition coefficient (Wildman–Crippen LogP) is 3.67. The van der Waals surface area contributed by atoms with Crippen molar-refractivity contribution < 1.29 is 23.8 Å². The summed E-state index contributed by atoms with van der Waals surface area (Å²) < 4.78 is 15.9. The topological polar surface area (TPSA) is 99.6 Å². The van der Waals surface area contributed by atoms with Crippen LogP contribution in [0.25, 0.3) is 0 Å². The Hall–Kier alpha value is -3.94. The van der Waals surface area contributed by atoms with E-state index in [0.717, 1.165) is 5.56 Å². The van der Waals surface area contributed by atoms with Gasteiger partial charge >= 0.3 is 0 Å². The van der Waals surface area contributed by atoms with Crippen molar-refractivity contribution in [2.24, 2.45) is 0 Å². The van der Waals surface area contributed by atoms with E-state index in [0.29, 0.717) is 46.9 Å². The Balaban J connectivity index is 1.58. The van der Waals surface area contributed by atoms with Crippen molar-refractivity contribution in [3.05, 3.63) is 71.0 Å². The zero-order chi connectivity index (χ0) is 22.7. The molecule has 0 saturated carbocycles. The monoisotopic (exact) mass is 433 g/mol. The average molecular weight is 433 g/mol. The lowest BCUT2D eigenvalue weighted by Crippen LogP contribution is -2.22. The quantitative estimate of drug-likeness (QED) is 0.633. The molecule has 0 saturated heterocycles. The zero-order valence-corrected chi connectivity index (χ0v) is 18.0. The number of hydrogen-bond acceptors (Lipinski definition) is 7. The summed E-state index contributed by atoms with van der Waals surface area (Å²) in [6.07, 6.45) is 2.33. The summed E-state index contributed by atoms with van der Waals surface area (Å²) in [5, 5.41) is 2.70. The fraction of sp³-hybridized carbons (Fsp3) is 0.250. The van der Waals surface area contributed by atoms with Gasteiger partial charge in [0, 0.05) is 30.2 Å². The highest BCUT2D eigenvalue weighted by molar-refractivity contribution is 6.04. The van der Waals surface area contributed by atoms with Crippen LogP contribution >= 0.6 is 0 Å². The first-order valence-electron chi connectivity index (χ1n) is 10.1. The molecule has 1 aliphatic carbocycles. The molecule has 32 heavy (non-hydrogen) atoms. The number of ketones is 1. The first kappa shape index (κ1) is 21.3. The van der Waals surface area contributed by atoms with Gasteiger partial charge in [-0.3, -0.25) is 14.9 Å². The van der Waals surface area contributed by atoms with Gasteiger partial charge in [-0.1, -0.05) is 12.1 Å². The van der Waals surface area contributed by atoms with E-state index in [1.807, 2.05) is 12.1 Å². The van der Waals surface area contributed by atoms with E-state index in [9.17, 15) is 9.59 Å². The van der Waals surface area contributed by atoms with E-state index in [2.05, 4.69) is 15.3 Å². The lowest BCUT2D eigenvalue weighted by atomic mass is 9.82. The summed E-state index contributed by atoms with van der Waals surface area (Å²) in [6, 6.07) is 12.3. The molecule has 0 unspecified atom stereocenters. The van der Waals surface area contributed by atoms with Crippen LogP contribution in [-0.2, 0) is 6.42 Å². The maximum Gasteiger partial charge on any atom is 0.258 e. The highest BCUT2D eigenvalue weighted by Crippen LogP contribution is 2.38. The third kappa shape index (κ3) is 4.25. The lowest BCUT2D eigenvalue weighted by molar-refractivity contribution is 0.0962. The number of carbonyl (C=O) groups excluding carboxylic acids is 2. The van der Waals surface area contributed by atoms with Gasteiger partial charge in [-0.05, 0) is 36.2 Å². The molecule has 0 radical (unpaired) electrons. The number of Topliss-reactive ketones (excluding diaryl/α,β-unsaturated/α-hetero) is 1. The van der Waals surface area contributed by atoms with Gasteiger partial charge < -0.3 is 14.2 Å². The summed E-state index contributed by atoms with van der Waals surface area (Å²) >= 11 is 0. The number of methoxy groups -OCH3 is 3. The zero-order valence-electron chi connectivity index (χ0n) is 18.0. The lowest BCUT2D eigenvalue weighted by Gasteiger charge is -2.25. The smallest absolute Gasteiger partial charge is 0.258 e. The second kappa shape index (κ2) is 9.05. The Morgan fingerprint density at radius 1 is 1.00 bits per heavy atom. The van der Waals surface area contributed by atoms with E-state index >= 15 is 0 Å². The molecule has 8 heteroatoms. The van der Waals surface area contributed by atoms with Gasteiger partial charge in [-0.15, -0.1) is 0 Å². The molecule has 8 nitrogen and oxygen atoms in total. The minimum absolute atomic E-state index is 0.0419. The molecule has 1 heterocycles. The van der Waals surface area contributed by atoms with Crippen molar-refractivity contribution in [2.45, 2.75) is 18.8 Å². The van der Waals surface area contributed by atoms with E-state index < -0.39 is 0 Å². The van der Waals surface area contributed by atoms with Gasteiger partial charge in [-0.25, -0.2) is 9.97 Å². The average Bonchev–Trinajstić information content (AvgIpc) is 2.83. The molecule has 0 bridgehead atoms. The first-order chi connectivity index (χ1) is 15.5. The molecule has 164 valence electrons. The molecular weight excluding hydrogens is 410 g/mol. The van der Waals surface area contributed by atoms with Gasteiger partial charge in [0.2, 0.25) is 5.95 Å². The van der Waals surface area contributed by atoms with Crippen molar-refractivity contribution in [3.63, 3.8) is 0 Å². The molecule has 3 aromatic rings.